The zero-order valence-electron chi connectivity index (χ0n) is 30.9. The molecule has 1 aliphatic heterocycles. The van der Waals surface area contributed by atoms with Gasteiger partial charge in [0.2, 0.25) is 0 Å². The van der Waals surface area contributed by atoms with Gasteiger partial charge in [0.05, 0.1) is 5.52 Å². The van der Waals surface area contributed by atoms with E-state index in [1.807, 2.05) is 0 Å². The fraction of sp³-hybridized carbons (Fsp3) is 0. The number of benzene rings is 9. The number of rotatable bonds is 5. The fourth-order valence-electron chi connectivity index (χ4n) is 8.69. The SMILES string of the molecule is [Pt].[c-]1c(Sc2[c-]c3c(cc2)c2ccccc2n3-c2nc3ccc4ccccc4c3c3c2ccc2ccccc23)cccc1N1[CH-]N(c2ccccc2)c2ccccc21. The molecule has 0 bridgehead atoms. The summed E-state index contributed by atoms with van der Waals surface area (Å²) in [5.74, 6) is 0.905. The molecule has 3 heterocycles. The van der Waals surface area contributed by atoms with Crippen LogP contribution in [0.2, 0.25) is 0 Å². The maximum atomic E-state index is 5.54. The number of anilines is 4. The number of hydrogen-bond donors (Lipinski definition) is 0. The van der Waals surface area contributed by atoms with Crippen molar-refractivity contribution in [2.75, 3.05) is 9.80 Å². The normalized spacial score (nSPS) is 12.6. The zero-order chi connectivity index (χ0) is 37.5. The molecule has 4 nitrogen and oxygen atoms in total. The first-order chi connectivity index (χ1) is 28.3. The van der Waals surface area contributed by atoms with E-state index in [2.05, 4.69) is 215 Å². The zero-order valence-corrected chi connectivity index (χ0v) is 34.0. The summed E-state index contributed by atoms with van der Waals surface area (Å²) in [7, 11) is 0. The second-order valence-electron chi connectivity index (χ2n) is 14.4. The molecule has 0 saturated carbocycles. The molecule has 0 unspecified atom stereocenters. The van der Waals surface area contributed by atoms with E-state index >= 15 is 0 Å². The van der Waals surface area contributed by atoms with Gasteiger partial charge in [0.1, 0.15) is 5.82 Å². The van der Waals surface area contributed by atoms with Crippen LogP contribution < -0.4 is 9.80 Å². The number of nitrogens with zero attached hydrogens (tertiary/aromatic N) is 4. The molecule has 278 valence electrons. The first-order valence-electron chi connectivity index (χ1n) is 19.1. The number of hydrogen-bond acceptors (Lipinski definition) is 4. The minimum atomic E-state index is 0. The molecule has 9 aromatic carbocycles. The summed E-state index contributed by atoms with van der Waals surface area (Å²) in [4.78, 5) is 12.0. The number of para-hydroxylation sites is 4. The van der Waals surface area contributed by atoms with E-state index in [9.17, 15) is 0 Å². The molecule has 0 fully saturated rings. The van der Waals surface area contributed by atoms with Crippen molar-refractivity contribution in [1.29, 1.82) is 0 Å². The van der Waals surface area contributed by atoms with Crippen molar-refractivity contribution in [2.24, 2.45) is 0 Å². The topological polar surface area (TPSA) is 24.3 Å². The molecule has 0 aliphatic carbocycles. The molecule has 1 aliphatic rings. The molecular weight excluding hydrogens is 908 g/mol. The summed E-state index contributed by atoms with van der Waals surface area (Å²) in [6.45, 7) is 2.16. The Kier molecular flexibility index (Phi) is 8.35. The Bertz CT molecular complexity index is 3400. The predicted octanol–water partition coefficient (Wildman–Crippen LogP) is 13.9. The Morgan fingerprint density at radius 1 is 0.466 bits per heavy atom. The quantitative estimate of drug-likeness (QED) is 0.127. The summed E-state index contributed by atoms with van der Waals surface area (Å²) < 4.78 is 2.33. The summed E-state index contributed by atoms with van der Waals surface area (Å²) in [5.41, 5.74) is 7.43. The third-order valence-electron chi connectivity index (χ3n) is 11.2. The van der Waals surface area contributed by atoms with E-state index in [1.165, 1.54) is 37.7 Å². The third-order valence-corrected chi connectivity index (χ3v) is 12.1. The second-order valence-corrected chi connectivity index (χ2v) is 15.5. The number of pyridine rings is 1. The summed E-state index contributed by atoms with van der Waals surface area (Å²) >= 11 is 1.68. The molecular formula is C52H31N4PtS-3. The molecule has 11 aromatic rings. The average Bonchev–Trinajstić information content (AvgIpc) is 3.82. The van der Waals surface area contributed by atoms with Crippen LogP contribution in [-0.2, 0) is 21.1 Å². The molecule has 6 heteroatoms. The van der Waals surface area contributed by atoms with Crippen LogP contribution >= 0.6 is 11.8 Å². The molecule has 0 radical (unpaired) electrons. The number of aromatic nitrogens is 2. The van der Waals surface area contributed by atoms with Crippen molar-refractivity contribution in [3.05, 3.63) is 201 Å². The molecule has 0 atom stereocenters. The van der Waals surface area contributed by atoms with Gasteiger partial charge in [-0.3, -0.25) is 0 Å². The molecule has 2 aromatic heterocycles. The third kappa shape index (κ3) is 5.45. The van der Waals surface area contributed by atoms with E-state index < -0.39 is 0 Å². The molecule has 0 spiro atoms. The first-order valence-corrected chi connectivity index (χ1v) is 19.9. The largest absolute Gasteiger partial charge is 0.493 e. The Morgan fingerprint density at radius 3 is 1.91 bits per heavy atom. The second kappa shape index (κ2) is 13.9. The van der Waals surface area contributed by atoms with Crippen LogP contribution in [-0.4, -0.2) is 9.55 Å². The van der Waals surface area contributed by atoms with Gasteiger partial charge in [0.15, 0.2) is 0 Å². The van der Waals surface area contributed by atoms with Crippen LogP contribution in [0.15, 0.2) is 192 Å². The predicted molar refractivity (Wildman–Crippen MR) is 238 cm³/mol. The monoisotopic (exact) mass is 938 g/mol. The number of fused-ring (bicyclic) bond motifs is 11. The van der Waals surface area contributed by atoms with Crippen molar-refractivity contribution in [2.45, 2.75) is 9.79 Å². The van der Waals surface area contributed by atoms with E-state index in [0.717, 1.165) is 65.7 Å². The minimum Gasteiger partial charge on any atom is -0.493 e. The standard InChI is InChI=1S/C52H31N4S.Pt/c1-2-15-36(16-3-1)54-33-55(48-24-11-10-23-47(48)54)37-17-12-18-38(31-37)57-39-27-29-43-42-21-8-9-22-46(42)56(49(43)32-39)52-44-28-25-34-13-4-6-19-40(34)50(44)51-41-20-7-5-14-35(41)26-30-45(51)53-52;/h1-30,33H;/q-3;. The molecule has 12 rings (SSSR count). The van der Waals surface area contributed by atoms with Crippen LogP contribution in [0.25, 0.3) is 70.8 Å². The van der Waals surface area contributed by atoms with Crippen molar-refractivity contribution in [3.8, 4) is 5.82 Å². The first kappa shape index (κ1) is 34.8. The Labute approximate surface area is 354 Å². The fourth-order valence-corrected chi connectivity index (χ4v) is 9.52. The van der Waals surface area contributed by atoms with Gasteiger partial charge in [-0.2, -0.15) is 24.3 Å². The van der Waals surface area contributed by atoms with E-state index in [-0.39, 0.29) is 21.1 Å². The van der Waals surface area contributed by atoms with E-state index in [1.54, 1.807) is 11.8 Å². The van der Waals surface area contributed by atoms with Crippen molar-refractivity contribution >= 4 is 99.5 Å². The summed E-state index contributed by atoms with van der Waals surface area (Å²) in [5, 5.41) is 10.7. The minimum absolute atomic E-state index is 0. The summed E-state index contributed by atoms with van der Waals surface area (Å²) in [6, 6.07) is 72.3. The van der Waals surface area contributed by atoms with Gasteiger partial charge in [-0.15, -0.1) is 57.5 Å². The van der Waals surface area contributed by atoms with Gasteiger partial charge >= 0.3 is 0 Å². The molecule has 58 heavy (non-hydrogen) atoms. The van der Waals surface area contributed by atoms with Gasteiger partial charge in [-0.05, 0) is 69.4 Å². The maximum Gasteiger partial charge on any atom is 0.144 e. The molecule has 0 N–H and O–H groups in total. The summed E-state index contributed by atoms with van der Waals surface area (Å²) in [6.07, 6.45) is 0. The molecule has 0 saturated heterocycles. The molecule has 0 amide bonds. The van der Waals surface area contributed by atoms with Gasteiger partial charge in [-0.25, -0.2) is 4.98 Å². The van der Waals surface area contributed by atoms with Gasteiger partial charge in [-0.1, -0.05) is 115 Å². The van der Waals surface area contributed by atoms with Crippen LogP contribution in [0.3, 0.4) is 0 Å². The van der Waals surface area contributed by atoms with Crippen LogP contribution in [0, 0.1) is 18.8 Å². The van der Waals surface area contributed by atoms with Crippen LogP contribution in [0.1, 0.15) is 0 Å². The maximum absolute atomic E-state index is 5.54. The van der Waals surface area contributed by atoms with Crippen LogP contribution in [0.5, 0.6) is 0 Å². The van der Waals surface area contributed by atoms with Gasteiger partial charge in [0, 0.05) is 59.8 Å². The average molecular weight is 939 g/mol. The smallest absolute Gasteiger partial charge is 0.144 e. The van der Waals surface area contributed by atoms with E-state index in [0.29, 0.717) is 0 Å². The van der Waals surface area contributed by atoms with Crippen molar-refractivity contribution in [3.63, 3.8) is 0 Å². The Morgan fingerprint density at radius 2 is 1.10 bits per heavy atom. The Hall–Kier alpha value is -6.39. The van der Waals surface area contributed by atoms with Crippen LogP contribution in [0.4, 0.5) is 22.7 Å². The Balaban J connectivity index is 0.00000385. The van der Waals surface area contributed by atoms with E-state index in [4.69, 9.17) is 4.98 Å². The van der Waals surface area contributed by atoms with Gasteiger partial charge < -0.3 is 14.4 Å². The van der Waals surface area contributed by atoms with Crippen molar-refractivity contribution in [1.82, 2.24) is 9.55 Å². The van der Waals surface area contributed by atoms with Crippen molar-refractivity contribution < 1.29 is 21.1 Å². The van der Waals surface area contributed by atoms with Gasteiger partial charge in [0.25, 0.3) is 0 Å².